The third-order valence-electron chi connectivity index (χ3n) is 4.54. The third kappa shape index (κ3) is 5.89. The van der Waals surface area contributed by atoms with E-state index in [1.807, 2.05) is 0 Å². The number of benzene rings is 2. The Hall–Kier alpha value is -1.80. The zero-order valence-corrected chi connectivity index (χ0v) is 16.4. The fourth-order valence-corrected chi connectivity index (χ4v) is 2.88. The maximum absolute atomic E-state index is 5.67. The molecule has 2 nitrogen and oxygen atoms in total. The molecule has 136 valence electrons. The summed E-state index contributed by atoms with van der Waals surface area (Å²) in [5, 5.41) is 3.68. The van der Waals surface area contributed by atoms with Crippen molar-refractivity contribution < 1.29 is 4.74 Å². The van der Waals surface area contributed by atoms with Crippen LogP contribution in [0, 0.1) is 0 Å². The van der Waals surface area contributed by atoms with Crippen LogP contribution in [-0.2, 0) is 12.0 Å². The smallest absolute Gasteiger partial charge is 0.119 e. The molecule has 0 heterocycles. The SMILES string of the molecule is CCCOc1ccc(C(CC)NCc2ccc(C(C)(C)C)cc2)cc1. The summed E-state index contributed by atoms with van der Waals surface area (Å²) in [6.45, 7) is 12.8. The van der Waals surface area contributed by atoms with Gasteiger partial charge in [0, 0.05) is 12.6 Å². The van der Waals surface area contributed by atoms with Gasteiger partial charge in [0.2, 0.25) is 0 Å². The first kappa shape index (κ1) is 19.5. The Labute approximate surface area is 153 Å². The van der Waals surface area contributed by atoms with Crippen molar-refractivity contribution in [3.63, 3.8) is 0 Å². The van der Waals surface area contributed by atoms with Crippen LogP contribution in [0.3, 0.4) is 0 Å². The second-order valence-electron chi connectivity index (χ2n) is 7.71. The van der Waals surface area contributed by atoms with Crippen LogP contribution in [0.4, 0.5) is 0 Å². The third-order valence-corrected chi connectivity index (χ3v) is 4.54. The van der Waals surface area contributed by atoms with E-state index in [-0.39, 0.29) is 5.41 Å². The van der Waals surface area contributed by atoms with E-state index in [9.17, 15) is 0 Å². The Morgan fingerprint density at radius 2 is 1.56 bits per heavy atom. The van der Waals surface area contributed by atoms with E-state index in [0.717, 1.165) is 31.7 Å². The number of hydrogen-bond donors (Lipinski definition) is 1. The second-order valence-corrected chi connectivity index (χ2v) is 7.71. The molecule has 1 atom stereocenters. The minimum atomic E-state index is 0.208. The highest BCUT2D eigenvalue weighted by molar-refractivity contribution is 5.30. The lowest BCUT2D eigenvalue weighted by molar-refractivity contribution is 0.317. The molecule has 0 radical (unpaired) electrons. The monoisotopic (exact) mass is 339 g/mol. The van der Waals surface area contributed by atoms with Gasteiger partial charge in [-0.25, -0.2) is 0 Å². The van der Waals surface area contributed by atoms with E-state index in [1.165, 1.54) is 16.7 Å². The van der Waals surface area contributed by atoms with Gasteiger partial charge >= 0.3 is 0 Å². The van der Waals surface area contributed by atoms with Crippen LogP contribution >= 0.6 is 0 Å². The summed E-state index contributed by atoms with van der Waals surface area (Å²) in [6.07, 6.45) is 2.10. The lowest BCUT2D eigenvalue weighted by Crippen LogP contribution is -2.20. The van der Waals surface area contributed by atoms with Gasteiger partial charge in [0.1, 0.15) is 5.75 Å². The highest BCUT2D eigenvalue weighted by atomic mass is 16.5. The molecule has 0 saturated carbocycles. The zero-order chi connectivity index (χ0) is 18.3. The van der Waals surface area contributed by atoms with E-state index >= 15 is 0 Å². The molecule has 2 aromatic rings. The minimum Gasteiger partial charge on any atom is -0.494 e. The van der Waals surface area contributed by atoms with E-state index in [1.54, 1.807) is 0 Å². The Balaban J connectivity index is 1.95. The Kier molecular flexibility index (Phi) is 7.07. The minimum absolute atomic E-state index is 0.208. The molecule has 0 aliphatic carbocycles. The average Bonchev–Trinajstić information content (AvgIpc) is 2.61. The maximum Gasteiger partial charge on any atom is 0.119 e. The molecule has 1 N–H and O–H groups in total. The van der Waals surface area contributed by atoms with E-state index < -0.39 is 0 Å². The van der Waals surface area contributed by atoms with Crippen LogP contribution in [-0.4, -0.2) is 6.61 Å². The summed E-state index contributed by atoms with van der Waals surface area (Å²) in [7, 11) is 0. The second kappa shape index (κ2) is 9.05. The lowest BCUT2D eigenvalue weighted by Gasteiger charge is -2.20. The van der Waals surface area contributed by atoms with Crippen molar-refractivity contribution in [2.75, 3.05) is 6.61 Å². The molecule has 0 saturated heterocycles. The van der Waals surface area contributed by atoms with Gasteiger partial charge in [0.15, 0.2) is 0 Å². The van der Waals surface area contributed by atoms with Crippen molar-refractivity contribution in [2.24, 2.45) is 0 Å². The first-order valence-electron chi connectivity index (χ1n) is 9.49. The van der Waals surface area contributed by atoms with Crippen molar-refractivity contribution in [1.29, 1.82) is 0 Å². The van der Waals surface area contributed by atoms with Crippen molar-refractivity contribution >= 4 is 0 Å². The molecule has 0 bridgehead atoms. The van der Waals surface area contributed by atoms with Crippen molar-refractivity contribution in [3.8, 4) is 5.75 Å². The van der Waals surface area contributed by atoms with Crippen LogP contribution in [0.25, 0.3) is 0 Å². The Morgan fingerprint density at radius 3 is 2.08 bits per heavy atom. The van der Waals surface area contributed by atoms with Crippen LogP contribution in [0.15, 0.2) is 48.5 Å². The number of rotatable bonds is 8. The lowest BCUT2D eigenvalue weighted by atomic mass is 9.87. The first-order chi connectivity index (χ1) is 11.9. The Bertz CT molecular complexity index is 623. The van der Waals surface area contributed by atoms with Gasteiger partial charge in [-0.05, 0) is 47.1 Å². The standard InChI is InChI=1S/C23H33NO/c1-6-16-25-21-14-10-19(11-15-21)22(7-2)24-17-18-8-12-20(13-9-18)23(3,4)5/h8-15,22,24H,6-7,16-17H2,1-5H3. The predicted molar refractivity (Wildman–Crippen MR) is 107 cm³/mol. The summed E-state index contributed by atoms with van der Waals surface area (Å²) in [6, 6.07) is 17.8. The summed E-state index contributed by atoms with van der Waals surface area (Å²) < 4.78 is 5.67. The first-order valence-corrected chi connectivity index (χ1v) is 9.49. The fraction of sp³-hybridized carbons (Fsp3) is 0.478. The van der Waals surface area contributed by atoms with Gasteiger partial charge < -0.3 is 10.1 Å². The van der Waals surface area contributed by atoms with Crippen molar-refractivity contribution in [1.82, 2.24) is 5.32 Å². The molecule has 2 heteroatoms. The van der Waals surface area contributed by atoms with Crippen LogP contribution in [0.5, 0.6) is 5.75 Å². The molecule has 2 aromatic carbocycles. The predicted octanol–water partition coefficient (Wildman–Crippen LogP) is 6.01. The summed E-state index contributed by atoms with van der Waals surface area (Å²) in [4.78, 5) is 0. The fourth-order valence-electron chi connectivity index (χ4n) is 2.88. The number of nitrogens with one attached hydrogen (secondary N) is 1. The summed E-state index contributed by atoms with van der Waals surface area (Å²) >= 11 is 0. The number of ether oxygens (including phenoxy) is 1. The summed E-state index contributed by atoms with van der Waals surface area (Å²) in [5.74, 6) is 0.957. The Morgan fingerprint density at radius 1 is 0.920 bits per heavy atom. The molecular formula is C23H33NO. The molecule has 0 aliphatic heterocycles. The molecule has 0 aromatic heterocycles. The molecule has 1 unspecified atom stereocenters. The van der Waals surface area contributed by atoms with Gasteiger partial charge in [-0.3, -0.25) is 0 Å². The van der Waals surface area contributed by atoms with Crippen molar-refractivity contribution in [2.45, 2.75) is 65.5 Å². The molecule has 0 spiro atoms. The van der Waals surface area contributed by atoms with E-state index in [2.05, 4.69) is 88.5 Å². The summed E-state index contributed by atoms with van der Waals surface area (Å²) in [5.41, 5.74) is 4.23. The quantitative estimate of drug-likeness (QED) is 0.635. The molecule has 0 fully saturated rings. The van der Waals surface area contributed by atoms with E-state index in [4.69, 9.17) is 4.74 Å². The van der Waals surface area contributed by atoms with Gasteiger partial charge in [-0.15, -0.1) is 0 Å². The molecular weight excluding hydrogens is 306 g/mol. The largest absolute Gasteiger partial charge is 0.494 e. The molecule has 0 aliphatic rings. The average molecular weight is 340 g/mol. The molecule has 0 amide bonds. The van der Waals surface area contributed by atoms with Crippen LogP contribution < -0.4 is 10.1 Å². The number of hydrogen-bond acceptors (Lipinski definition) is 2. The van der Waals surface area contributed by atoms with Gasteiger partial charge in [0.25, 0.3) is 0 Å². The molecule has 2 rings (SSSR count). The van der Waals surface area contributed by atoms with Gasteiger partial charge in [0.05, 0.1) is 6.61 Å². The van der Waals surface area contributed by atoms with Crippen molar-refractivity contribution in [3.05, 3.63) is 65.2 Å². The highest BCUT2D eigenvalue weighted by Gasteiger charge is 2.13. The maximum atomic E-state index is 5.67. The normalized spacial score (nSPS) is 12.8. The topological polar surface area (TPSA) is 21.3 Å². The zero-order valence-electron chi connectivity index (χ0n) is 16.4. The van der Waals surface area contributed by atoms with E-state index in [0.29, 0.717) is 6.04 Å². The highest BCUT2D eigenvalue weighted by Crippen LogP contribution is 2.23. The van der Waals surface area contributed by atoms with Crippen LogP contribution in [0.1, 0.15) is 70.2 Å². The van der Waals surface area contributed by atoms with Gasteiger partial charge in [-0.1, -0.05) is 71.0 Å². The van der Waals surface area contributed by atoms with Gasteiger partial charge in [-0.2, -0.15) is 0 Å². The molecule has 25 heavy (non-hydrogen) atoms. The van der Waals surface area contributed by atoms with Crippen LogP contribution in [0.2, 0.25) is 0 Å².